The molecule has 1 aromatic rings. The number of nitrogens with zero attached hydrogens (tertiary/aromatic N) is 3. The smallest absolute Gasteiger partial charge is 0.220 e. The molecule has 3 heterocycles. The summed E-state index contributed by atoms with van der Waals surface area (Å²) >= 11 is 0. The fraction of sp³-hybridized carbons (Fsp3) is 0.611. The largest absolute Gasteiger partial charge is 0.357 e. The molecule has 0 saturated carbocycles. The number of halogens is 1. The standard InChI is InChI=1S/C18H27N5O.HI/c1-2-19-17(21-10-7-15-6-3-4-9-20-15)23-11-5-8-18(14-23)12-16(24)22-13-18;/h3-4,6,9H,2,5,7-8,10-14H2,1H3,(H,19,21)(H,22,24);1H. The SMILES string of the molecule is CCNC(=NCCc1ccccn1)N1CCCC2(CNC(=O)C2)C1.I. The molecule has 1 unspecified atom stereocenters. The van der Waals surface area contributed by atoms with Crippen LogP contribution < -0.4 is 10.6 Å². The van der Waals surface area contributed by atoms with Gasteiger partial charge in [-0.25, -0.2) is 0 Å². The molecule has 6 nitrogen and oxygen atoms in total. The van der Waals surface area contributed by atoms with Crippen LogP contribution in [0, 0.1) is 5.41 Å². The highest BCUT2D eigenvalue weighted by molar-refractivity contribution is 14.0. The zero-order valence-corrected chi connectivity index (χ0v) is 17.2. The quantitative estimate of drug-likeness (QED) is 0.411. The number of guanidine groups is 1. The third-order valence-corrected chi connectivity index (χ3v) is 4.85. The average Bonchev–Trinajstić information content (AvgIpc) is 2.95. The predicted octanol–water partition coefficient (Wildman–Crippen LogP) is 1.81. The van der Waals surface area contributed by atoms with Gasteiger partial charge in [0, 0.05) is 62.9 Å². The first-order chi connectivity index (χ1) is 11.7. The van der Waals surface area contributed by atoms with E-state index in [1.807, 2.05) is 24.4 Å². The van der Waals surface area contributed by atoms with E-state index in [1.54, 1.807) is 0 Å². The zero-order valence-electron chi connectivity index (χ0n) is 14.8. The molecule has 7 heteroatoms. The van der Waals surface area contributed by atoms with Gasteiger partial charge in [-0.05, 0) is 31.9 Å². The second kappa shape index (κ2) is 9.35. The van der Waals surface area contributed by atoms with Crippen molar-refractivity contribution < 1.29 is 4.79 Å². The van der Waals surface area contributed by atoms with Crippen molar-refractivity contribution in [2.75, 3.05) is 32.7 Å². The molecule has 2 fully saturated rings. The van der Waals surface area contributed by atoms with Crippen molar-refractivity contribution in [3.63, 3.8) is 0 Å². The van der Waals surface area contributed by atoms with Gasteiger partial charge in [-0.2, -0.15) is 0 Å². The van der Waals surface area contributed by atoms with E-state index in [0.717, 1.165) is 63.6 Å². The molecule has 0 aromatic carbocycles. The third-order valence-electron chi connectivity index (χ3n) is 4.85. The van der Waals surface area contributed by atoms with E-state index in [2.05, 4.69) is 27.4 Å². The lowest BCUT2D eigenvalue weighted by atomic mass is 9.79. The number of rotatable bonds is 4. The number of hydrogen-bond donors (Lipinski definition) is 2. The third kappa shape index (κ3) is 5.29. The molecule has 0 bridgehead atoms. The fourth-order valence-electron chi connectivity index (χ4n) is 3.68. The molecule has 1 atom stereocenters. The Kier molecular flexibility index (Phi) is 7.46. The first-order valence-corrected chi connectivity index (χ1v) is 8.91. The Hall–Kier alpha value is -1.38. The number of aromatic nitrogens is 1. The monoisotopic (exact) mass is 457 g/mol. The van der Waals surface area contributed by atoms with Crippen LogP contribution in [0.2, 0.25) is 0 Å². The summed E-state index contributed by atoms with van der Waals surface area (Å²) < 4.78 is 0. The highest BCUT2D eigenvalue weighted by Crippen LogP contribution is 2.35. The molecule has 2 aliphatic rings. The molecular weight excluding hydrogens is 429 g/mol. The number of aliphatic imine (C=N–C) groups is 1. The van der Waals surface area contributed by atoms with Crippen LogP contribution in [0.1, 0.15) is 31.9 Å². The van der Waals surface area contributed by atoms with Gasteiger partial charge < -0.3 is 15.5 Å². The molecular formula is C18H28IN5O. The molecule has 3 rings (SSSR count). The van der Waals surface area contributed by atoms with E-state index >= 15 is 0 Å². The van der Waals surface area contributed by atoms with E-state index in [1.165, 1.54) is 0 Å². The summed E-state index contributed by atoms with van der Waals surface area (Å²) in [4.78, 5) is 23.1. The lowest BCUT2D eigenvalue weighted by Gasteiger charge is -2.40. The number of carbonyl (C=O) groups excluding carboxylic acids is 1. The van der Waals surface area contributed by atoms with E-state index in [0.29, 0.717) is 6.42 Å². The molecule has 2 aliphatic heterocycles. The van der Waals surface area contributed by atoms with Crippen molar-refractivity contribution in [1.29, 1.82) is 0 Å². The van der Waals surface area contributed by atoms with E-state index in [4.69, 9.17) is 4.99 Å². The van der Waals surface area contributed by atoms with Crippen LogP contribution in [-0.4, -0.2) is 54.5 Å². The number of hydrogen-bond acceptors (Lipinski definition) is 3. The maximum Gasteiger partial charge on any atom is 0.220 e. The summed E-state index contributed by atoms with van der Waals surface area (Å²) in [5, 5.41) is 6.41. The maximum absolute atomic E-state index is 11.7. The molecule has 1 amide bonds. The van der Waals surface area contributed by atoms with E-state index in [9.17, 15) is 4.79 Å². The van der Waals surface area contributed by atoms with Crippen LogP contribution >= 0.6 is 24.0 Å². The summed E-state index contributed by atoms with van der Waals surface area (Å²) in [6.07, 6.45) is 5.55. The molecule has 0 aliphatic carbocycles. The van der Waals surface area contributed by atoms with Crippen LogP contribution in [0.5, 0.6) is 0 Å². The fourth-order valence-corrected chi connectivity index (χ4v) is 3.68. The Labute approximate surface area is 166 Å². The summed E-state index contributed by atoms with van der Waals surface area (Å²) in [5.41, 5.74) is 1.16. The van der Waals surface area contributed by atoms with Gasteiger partial charge in [-0.3, -0.25) is 14.8 Å². The number of pyridine rings is 1. The Bertz CT molecular complexity index is 594. The molecule has 2 N–H and O–H groups in total. The molecule has 1 aromatic heterocycles. The van der Waals surface area contributed by atoms with E-state index in [-0.39, 0.29) is 35.3 Å². The first-order valence-electron chi connectivity index (χ1n) is 8.91. The summed E-state index contributed by atoms with van der Waals surface area (Å²) in [5.74, 6) is 1.15. The Morgan fingerprint density at radius 1 is 1.48 bits per heavy atom. The Morgan fingerprint density at radius 3 is 3.04 bits per heavy atom. The van der Waals surface area contributed by atoms with Gasteiger partial charge in [0.25, 0.3) is 0 Å². The zero-order chi connectivity index (χ0) is 16.8. The predicted molar refractivity (Wildman–Crippen MR) is 110 cm³/mol. The van der Waals surface area contributed by atoms with Crippen molar-refractivity contribution in [2.45, 2.75) is 32.6 Å². The number of amides is 1. The van der Waals surface area contributed by atoms with Gasteiger partial charge >= 0.3 is 0 Å². The summed E-state index contributed by atoms with van der Waals surface area (Å²) in [7, 11) is 0. The van der Waals surface area contributed by atoms with Crippen LogP contribution in [0.25, 0.3) is 0 Å². The van der Waals surface area contributed by atoms with Gasteiger partial charge in [0.2, 0.25) is 5.91 Å². The number of carbonyl (C=O) groups is 1. The van der Waals surface area contributed by atoms with Gasteiger partial charge in [-0.1, -0.05) is 6.07 Å². The van der Waals surface area contributed by atoms with Crippen molar-refractivity contribution in [2.24, 2.45) is 10.4 Å². The van der Waals surface area contributed by atoms with Gasteiger partial charge in [0.15, 0.2) is 5.96 Å². The minimum atomic E-state index is 0. The molecule has 1 spiro atoms. The first kappa shape index (κ1) is 19.9. The lowest BCUT2D eigenvalue weighted by molar-refractivity contribution is -0.119. The number of piperidine rings is 1. The topological polar surface area (TPSA) is 69.6 Å². The molecule has 0 radical (unpaired) electrons. The van der Waals surface area contributed by atoms with Crippen molar-refractivity contribution in [3.8, 4) is 0 Å². The van der Waals surface area contributed by atoms with Crippen LogP contribution in [0.15, 0.2) is 29.4 Å². The van der Waals surface area contributed by atoms with Crippen LogP contribution in [0.4, 0.5) is 0 Å². The van der Waals surface area contributed by atoms with Gasteiger partial charge in [0.1, 0.15) is 0 Å². The second-order valence-corrected chi connectivity index (χ2v) is 6.79. The second-order valence-electron chi connectivity index (χ2n) is 6.79. The van der Waals surface area contributed by atoms with Gasteiger partial charge in [-0.15, -0.1) is 24.0 Å². The average molecular weight is 457 g/mol. The molecule has 138 valence electrons. The molecule has 25 heavy (non-hydrogen) atoms. The lowest BCUT2D eigenvalue weighted by Crippen LogP contribution is -2.51. The maximum atomic E-state index is 11.7. The van der Waals surface area contributed by atoms with E-state index < -0.39 is 0 Å². The summed E-state index contributed by atoms with van der Waals surface area (Å²) in [6, 6.07) is 5.98. The Balaban J connectivity index is 0.00000225. The van der Waals surface area contributed by atoms with Gasteiger partial charge in [0.05, 0.1) is 0 Å². The highest BCUT2D eigenvalue weighted by atomic mass is 127. The minimum absolute atomic E-state index is 0. The van der Waals surface area contributed by atoms with Crippen LogP contribution in [0.3, 0.4) is 0 Å². The van der Waals surface area contributed by atoms with Crippen molar-refractivity contribution >= 4 is 35.8 Å². The molecule has 2 saturated heterocycles. The minimum Gasteiger partial charge on any atom is -0.357 e. The summed E-state index contributed by atoms with van der Waals surface area (Å²) in [6.45, 7) is 6.37. The van der Waals surface area contributed by atoms with Crippen molar-refractivity contribution in [1.82, 2.24) is 20.5 Å². The van der Waals surface area contributed by atoms with Crippen LogP contribution in [-0.2, 0) is 11.2 Å². The number of nitrogens with one attached hydrogen (secondary N) is 2. The Morgan fingerprint density at radius 2 is 2.36 bits per heavy atom. The normalized spacial score (nSPS) is 23.3. The van der Waals surface area contributed by atoms with Crippen molar-refractivity contribution in [3.05, 3.63) is 30.1 Å². The number of likely N-dealkylation sites (tertiary alicyclic amines) is 1. The highest BCUT2D eigenvalue weighted by Gasteiger charge is 2.42.